The third-order valence-electron chi connectivity index (χ3n) is 3.85. The molecule has 1 atom stereocenters. The third-order valence-corrected chi connectivity index (χ3v) is 3.85. The maximum absolute atomic E-state index is 12.0. The highest BCUT2D eigenvalue weighted by Gasteiger charge is 2.26. The normalized spacial score (nSPS) is 13.6. The number of carbonyl (C=O) groups is 1. The van der Waals surface area contributed by atoms with Gasteiger partial charge in [0.2, 0.25) is 0 Å². The van der Waals surface area contributed by atoms with Crippen LogP contribution in [0.1, 0.15) is 34.1 Å². The van der Waals surface area contributed by atoms with Crippen LogP contribution in [0.5, 0.6) is 5.75 Å². The minimum atomic E-state index is -0.427. The summed E-state index contributed by atoms with van der Waals surface area (Å²) < 4.78 is 6.01. The van der Waals surface area contributed by atoms with Gasteiger partial charge in [0.05, 0.1) is 0 Å². The topological polar surface area (TPSA) is 38.3 Å². The predicted molar refractivity (Wildman–Crippen MR) is 97.7 cm³/mol. The molecule has 0 spiro atoms. The summed E-state index contributed by atoms with van der Waals surface area (Å²) >= 11 is 0. The number of amides is 1. The molecule has 0 heterocycles. The van der Waals surface area contributed by atoms with Gasteiger partial charge in [-0.1, -0.05) is 46.1 Å². The van der Waals surface area contributed by atoms with Crippen molar-refractivity contribution in [2.75, 3.05) is 5.32 Å². The van der Waals surface area contributed by atoms with Crippen LogP contribution in [-0.4, -0.2) is 11.5 Å². The van der Waals surface area contributed by atoms with Crippen molar-refractivity contribution in [1.82, 2.24) is 0 Å². The van der Waals surface area contributed by atoms with Crippen LogP contribution in [0.25, 0.3) is 0 Å². The second kappa shape index (κ2) is 8.37. The minimum Gasteiger partial charge on any atom is -0.483 e. The number of ether oxygens (including phenoxy) is 1. The molecule has 0 saturated heterocycles. The lowest BCUT2D eigenvalue weighted by molar-refractivity contribution is -0.112. The zero-order valence-corrected chi connectivity index (χ0v) is 14.6. The quantitative estimate of drug-likeness (QED) is 0.410. The van der Waals surface area contributed by atoms with Crippen molar-refractivity contribution >= 4 is 11.6 Å². The Hall–Kier alpha value is -2.29. The summed E-state index contributed by atoms with van der Waals surface area (Å²) in [5.74, 6) is 0.832. The van der Waals surface area contributed by atoms with E-state index in [9.17, 15) is 4.79 Å². The van der Waals surface area contributed by atoms with Crippen LogP contribution >= 0.6 is 0 Å². The van der Waals surface area contributed by atoms with E-state index >= 15 is 0 Å². The van der Waals surface area contributed by atoms with E-state index in [-0.39, 0.29) is 5.91 Å². The first kappa shape index (κ1) is 18.8. The first-order chi connectivity index (χ1) is 10.8. The molecule has 3 nitrogen and oxygen atoms in total. The highest BCUT2D eigenvalue weighted by molar-refractivity contribution is 6.05. The van der Waals surface area contributed by atoms with E-state index < -0.39 is 5.60 Å². The molecule has 1 amide bonds. The number of hydrogen-bond acceptors (Lipinski definition) is 2. The zero-order chi connectivity index (χ0) is 17.5. The number of benzene rings is 1. The summed E-state index contributed by atoms with van der Waals surface area (Å²) in [5.41, 5.74) is 0.716. The Bertz CT molecular complexity index is 584. The third kappa shape index (κ3) is 5.44. The zero-order valence-electron chi connectivity index (χ0n) is 14.6. The molecule has 3 heteroatoms. The summed E-state index contributed by atoms with van der Waals surface area (Å²) in [4.78, 5) is 12.0. The van der Waals surface area contributed by atoms with Crippen molar-refractivity contribution in [3.63, 3.8) is 0 Å². The summed E-state index contributed by atoms with van der Waals surface area (Å²) in [7, 11) is 0. The second-order valence-corrected chi connectivity index (χ2v) is 5.96. The van der Waals surface area contributed by atoms with E-state index in [2.05, 4.69) is 32.3 Å². The van der Waals surface area contributed by atoms with Gasteiger partial charge in [-0.2, -0.15) is 0 Å². The lowest BCUT2D eigenvalue weighted by atomic mass is 9.92. The molecule has 0 aliphatic heterocycles. The molecule has 0 aromatic heterocycles. The van der Waals surface area contributed by atoms with E-state index in [0.29, 0.717) is 17.2 Å². The molecule has 1 rings (SSSR count). The molecule has 23 heavy (non-hydrogen) atoms. The van der Waals surface area contributed by atoms with Crippen molar-refractivity contribution in [2.45, 2.75) is 39.7 Å². The summed E-state index contributed by atoms with van der Waals surface area (Å²) in [6.45, 7) is 15.8. The Morgan fingerprint density at radius 2 is 1.96 bits per heavy atom. The number of allylic oxidation sites excluding steroid dienone is 1. The van der Waals surface area contributed by atoms with Gasteiger partial charge in [0.1, 0.15) is 11.4 Å². The fourth-order valence-electron chi connectivity index (χ4n) is 1.80. The van der Waals surface area contributed by atoms with Gasteiger partial charge in [-0.3, -0.25) is 4.79 Å². The minimum absolute atomic E-state index is 0.207. The molecule has 0 saturated carbocycles. The van der Waals surface area contributed by atoms with Crippen molar-refractivity contribution < 1.29 is 9.53 Å². The SMILES string of the molecule is C=CC(C)(Oc1ccc(NC(=O)C(=C)/C=C\CC)cc1)C(C)C. The molecule has 1 aromatic carbocycles. The van der Waals surface area contributed by atoms with Crippen molar-refractivity contribution in [3.05, 3.63) is 61.2 Å². The van der Waals surface area contributed by atoms with E-state index in [1.165, 1.54) is 0 Å². The molecular formula is C20H27NO2. The van der Waals surface area contributed by atoms with Gasteiger partial charge in [-0.25, -0.2) is 0 Å². The summed E-state index contributed by atoms with van der Waals surface area (Å²) in [5, 5.41) is 2.81. The molecule has 0 bridgehead atoms. The van der Waals surface area contributed by atoms with Gasteiger partial charge in [-0.15, -0.1) is 0 Å². The fraction of sp³-hybridized carbons (Fsp3) is 0.350. The van der Waals surface area contributed by atoms with E-state index in [1.54, 1.807) is 6.08 Å². The maximum atomic E-state index is 12.0. The molecule has 0 fully saturated rings. The number of rotatable bonds is 8. The van der Waals surface area contributed by atoms with Gasteiger partial charge >= 0.3 is 0 Å². The number of hydrogen-bond donors (Lipinski definition) is 1. The largest absolute Gasteiger partial charge is 0.483 e. The van der Waals surface area contributed by atoms with Gasteiger partial charge in [0, 0.05) is 11.3 Å². The standard InChI is InChI=1S/C20H27NO2/c1-7-9-10-16(5)19(22)21-17-11-13-18(14-12-17)23-20(6,8-2)15(3)4/h8-15H,2,5,7H2,1,3-4,6H3,(H,21,22)/b10-9-. The maximum Gasteiger partial charge on any atom is 0.255 e. The number of carbonyl (C=O) groups excluding carboxylic acids is 1. The smallest absolute Gasteiger partial charge is 0.255 e. The fourth-order valence-corrected chi connectivity index (χ4v) is 1.80. The average molecular weight is 313 g/mol. The predicted octanol–water partition coefficient (Wildman–Crippen LogP) is 5.13. The van der Waals surface area contributed by atoms with Crippen LogP contribution < -0.4 is 10.1 Å². The molecule has 124 valence electrons. The van der Waals surface area contributed by atoms with Crippen LogP contribution in [-0.2, 0) is 4.79 Å². The first-order valence-corrected chi connectivity index (χ1v) is 7.91. The highest BCUT2D eigenvalue weighted by Crippen LogP contribution is 2.27. The van der Waals surface area contributed by atoms with Crippen LogP contribution in [0.3, 0.4) is 0 Å². The van der Waals surface area contributed by atoms with Crippen molar-refractivity contribution in [3.8, 4) is 5.75 Å². The molecule has 0 aliphatic rings. The molecule has 1 N–H and O–H groups in total. The second-order valence-electron chi connectivity index (χ2n) is 5.96. The Balaban J connectivity index is 2.74. The average Bonchev–Trinajstić information content (AvgIpc) is 2.53. The first-order valence-electron chi connectivity index (χ1n) is 7.91. The van der Waals surface area contributed by atoms with Gasteiger partial charge in [-0.05, 0) is 49.6 Å². The van der Waals surface area contributed by atoms with Crippen molar-refractivity contribution in [1.29, 1.82) is 0 Å². The van der Waals surface area contributed by atoms with E-state index in [0.717, 1.165) is 12.2 Å². The van der Waals surface area contributed by atoms with Crippen molar-refractivity contribution in [2.24, 2.45) is 5.92 Å². The van der Waals surface area contributed by atoms with Gasteiger partial charge in [0.25, 0.3) is 5.91 Å². The lowest BCUT2D eigenvalue weighted by Crippen LogP contribution is -2.35. The highest BCUT2D eigenvalue weighted by atomic mass is 16.5. The Morgan fingerprint density at radius 1 is 1.35 bits per heavy atom. The van der Waals surface area contributed by atoms with Crippen LogP contribution in [0.2, 0.25) is 0 Å². The van der Waals surface area contributed by atoms with Crippen LogP contribution in [0.15, 0.2) is 61.2 Å². The Kier molecular flexibility index (Phi) is 6.83. The van der Waals surface area contributed by atoms with Gasteiger partial charge < -0.3 is 10.1 Å². The molecular weight excluding hydrogens is 286 g/mol. The summed E-state index contributed by atoms with van der Waals surface area (Å²) in [6, 6.07) is 7.30. The Labute approximate surface area is 139 Å². The van der Waals surface area contributed by atoms with Crippen LogP contribution in [0.4, 0.5) is 5.69 Å². The monoisotopic (exact) mass is 313 g/mol. The van der Waals surface area contributed by atoms with E-state index in [4.69, 9.17) is 4.74 Å². The van der Waals surface area contributed by atoms with Gasteiger partial charge in [0.15, 0.2) is 0 Å². The molecule has 1 aromatic rings. The number of anilines is 1. The molecule has 0 radical (unpaired) electrons. The Morgan fingerprint density at radius 3 is 2.43 bits per heavy atom. The molecule has 1 unspecified atom stereocenters. The number of nitrogens with one attached hydrogen (secondary N) is 1. The van der Waals surface area contributed by atoms with E-state index in [1.807, 2.05) is 50.3 Å². The molecule has 0 aliphatic carbocycles. The lowest BCUT2D eigenvalue weighted by Gasteiger charge is -2.31. The summed E-state index contributed by atoms with van der Waals surface area (Å²) in [6.07, 6.45) is 6.32. The van der Waals surface area contributed by atoms with Crippen LogP contribution in [0, 0.1) is 5.92 Å².